The highest BCUT2D eigenvalue weighted by atomic mass is 32.2. The van der Waals surface area contributed by atoms with Gasteiger partial charge in [0.25, 0.3) is 0 Å². The summed E-state index contributed by atoms with van der Waals surface area (Å²) < 4.78 is 89.1. The summed E-state index contributed by atoms with van der Waals surface area (Å²) in [5.74, 6) is -4.21. The summed E-state index contributed by atoms with van der Waals surface area (Å²) in [6.45, 7) is 0.271. The van der Waals surface area contributed by atoms with E-state index in [1.807, 2.05) is 60.7 Å². The molecule has 12 bridgehead atoms. The maximum absolute atomic E-state index is 13.5. The Morgan fingerprint density at radius 2 is 0.923 bits per heavy atom. The summed E-state index contributed by atoms with van der Waals surface area (Å²) in [4.78, 5) is 93.7. The van der Waals surface area contributed by atoms with Gasteiger partial charge in [-0.1, -0.05) is 60.7 Å². The lowest BCUT2D eigenvalue weighted by molar-refractivity contribution is -0.279. The monoisotopic (exact) mass is 1470 g/mol. The van der Waals surface area contributed by atoms with Gasteiger partial charge in [-0.25, -0.2) is 19.2 Å². The predicted molar refractivity (Wildman–Crippen MR) is 387 cm³/mol. The van der Waals surface area contributed by atoms with Crippen molar-refractivity contribution in [2.75, 3.05) is 47.7 Å². The number of alkyl halides is 4. The zero-order valence-electron chi connectivity index (χ0n) is 58.9. The molecule has 0 amide bonds. The van der Waals surface area contributed by atoms with Crippen LogP contribution in [0.4, 0.5) is 17.6 Å². The van der Waals surface area contributed by atoms with Gasteiger partial charge < -0.3 is 53.6 Å². The maximum atomic E-state index is 13.5. The first-order chi connectivity index (χ1) is 48.9. The second-order valence-corrected chi connectivity index (χ2v) is 36.9. The van der Waals surface area contributed by atoms with Gasteiger partial charge in [-0.3, -0.25) is 19.2 Å². The zero-order chi connectivity index (χ0) is 75.1. The number of carboxylic acids is 1. The molecule has 16 atom stereocenters. The van der Waals surface area contributed by atoms with Gasteiger partial charge in [-0.2, -0.15) is 17.6 Å². The highest BCUT2D eigenvalue weighted by molar-refractivity contribution is 7.98. The van der Waals surface area contributed by atoms with Crippen molar-refractivity contribution in [2.45, 2.75) is 212 Å². The third kappa shape index (κ3) is 19.0. The first-order valence-electron chi connectivity index (χ1n) is 36.4. The fourth-order valence-corrected chi connectivity index (χ4v) is 24.6. The van der Waals surface area contributed by atoms with Crippen molar-refractivity contribution in [3.63, 3.8) is 0 Å². The van der Waals surface area contributed by atoms with Gasteiger partial charge in [-0.15, -0.1) is 0 Å². The Labute approximate surface area is 619 Å². The summed E-state index contributed by atoms with van der Waals surface area (Å²) in [5.41, 5.74) is -4.00. The van der Waals surface area contributed by atoms with Gasteiger partial charge >= 0.3 is 47.7 Å². The second kappa shape index (κ2) is 32.2. The molecule has 16 unspecified atom stereocenters. The van der Waals surface area contributed by atoms with Gasteiger partial charge in [0.2, 0.25) is 11.6 Å². The Balaban J connectivity index is 0.000000136. The molecule has 12 aliphatic carbocycles. The number of halogens is 4. The number of carbonyl (C=O) groups is 8. The van der Waals surface area contributed by atoms with Crippen molar-refractivity contribution >= 4 is 134 Å². The molecule has 19 nitrogen and oxygen atoms in total. The van der Waals surface area contributed by atoms with E-state index in [1.165, 1.54) is 55.8 Å². The number of aliphatic hydroxyl groups is 3. The van der Waals surface area contributed by atoms with E-state index in [1.54, 1.807) is 0 Å². The minimum absolute atomic E-state index is 0.000264. The standard InChI is InChI=1S/C23H28F2O8.C20H26O7.2C12H15OS.C3H4F2O2.B9/c1-20(24,25)19(28)33-23-6-11-4-21(29,9-23)8-22(5-11,10-23)30-7-15(26)31-16-12-2-13-14(3-12)18(27)32-17(13)16;21-14(26-15-11-1-12-13(2-11)17(22)27-16(12)15)6-25-20-5-10-3-18(23,8-20)7-19(24,4-10)9-20;2*13-12(10-14-8-4-5-9-14)11-6-2-1-3-7-11;1-3(4,5)2(6)7;1-6-9(7(2)3)8(4)5/h11-14,16-17,29H,2-10H2,1H3;10-13,15-16,23-24H,1-9H2;2*1-3,6-7H,4-5,8-10H2;1H3,(H,6,7);/q;;2*+1;;. The average Bonchev–Trinajstić information content (AvgIpc) is 1.20. The smallest absolute Gasteiger partial charge is 0.377 e. The normalized spacial score (nSPS) is 36.2. The van der Waals surface area contributed by atoms with Gasteiger partial charge in [0.15, 0.2) is 11.5 Å². The molecule has 11 radical (unpaired) electrons. The number of ketones is 2. The Morgan fingerprint density at radius 1 is 0.558 bits per heavy atom. The quantitative estimate of drug-likeness (QED) is 0.0356. The Kier molecular flexibility index (Phi) is 24.9. The number of fused-ring (bicyclic) bond motifs is 2. The van der Waals surface area contributed by atoms with E-state index < -0.39 is 88.2 Å². The van der Waals surface area contributed by atoms with Gasteiger partial charge in [-0.05, 0) is 124 Å². The number of hydrogen-bond donors (Lipinski definition) is 4. The lowest BCUT2D eigenvalue weighted by Gasteiger charge is -2.63. The summed E-state index contributed by atoms with van der Waals surface area (Å²) >= 11 is 0. The lowest BCUT2D eigenvalue weighted by atomic mass is 8.64. The van der Waals surface area contributed by atoms with E-state index in [2.05, 4.69) is 0 Å². The van der Waals surface area contributed by atoms with E-state index in [0.717, 1.165) is 48.3 Å². The number of esters is 5. The highest BCUT2D eigenvalue weighted by Crippen LogP contribution is 2.64. The molecule has 34 heteroatoms. The molecule has 2 aromatic carbocycles. The molecule has 547 valence electrons. The first-order valence-corrected chi connectivity index (χ1v) is 39.9. The Hall–Kier alpha value is -4.60. The van der Waals surface area contributed by atoms with Crippen LogP contribution >= 0.6 is 0 Å². The molecular formula is C70H88B9F4O19S2+2. The van der Waals surface area contributed by atoms with Crippen molar-refractivity contribution in [3.05, 3.63) is 71.8 Å². The van der Waals surface area contributed by atoms with Crippen LogP contribution in [-0.2, 0) is 83.7 Å². The van der Waals surface area contributed by atoms with Crippen molar-refractivity contribution < 1.29 is 110 Å². The van der Waals surface area contributed by atoms with Crippen molar-refractivity contribution in [3.8, 4) is 0 Å². The number of carbonyl (C=O) groups excluding carboxylic acids is 7. The van der Waals surface area contributed by atoms with Crippen LogP contribution in [0, 0.1) is 47.3 Å². The molecule has 4 aliphatic heterocycles. The number of carboxylic acid groups (broad SMARTS) is 1. The Bertz CT molecular complexity index is 3360. The van der Waals surface area contributed by atoms with Gasteiger partial charge in [0.1, 0.15) is 66.2 Å². The predicted octanol–water partition coefficient (Wildman–Crippen LogP) is 4.46. The van der Waals surface area contributed by atoms with Crippen LogP contribution < -0.4 is 0 Å². The molecule has 12 saturated carbocycles. The van der Waals surface area contributed by atoms with Crippen molar-refractivity contribution in [2.24, 2.45) is 47.3 Å². The number of ether oxygens (including phenoxy) is 7. The molecule has 16 aliphatic rings. The minimum Gasteiger partial charge on any atom is -0.477 e. The fourth-order valence-electron chi connectivity index (χ4n) is 20.1. The van der Waals surface area contributed by atoms with Crippen LogP contribution in [0.25, 0.3) is 0 Å². The maximum Gasteiger partial charge on any atom is 0.377 e. The number of benzene rings is 2. The van der Waals surface area contributed by atoms with E-state index in [4.69, 9.17) is 76.9 Å². The van der Waals surface area contributed by atoms with E-state index in [9.17, 15) is 71.2 Å². The van der Waals surface area contributed by atoms with Crippen LogP contribution in [0.1, 0.15) is 163 Å². The molecule has 0 spiro atoms. The highest BCUT2D eigenvalue weighted by Gasteiger charge is 2.69. The largest absolute Gasteiger partial charge is 0.477 e. The second-order valence-electron chi connectivity index (χ2n) is 32.3. The number of hydrogen-bond acceptors (Lipinski definition) is 18. The average molecular weight is 1470 g/mol. The first kappa shape index (κ1) is 80.4. The van der Waals surface area contributed by atoms with Gasteiger partial charge in [0.05, 0.1) is 39.8 Å². The van der Waals surface area contributed by atoms with Crippen LogP contribution in [0.3, 0.4) is 0 Å². The number of Topliss-reactive ketones (excluding diaryl/α,β-unsaturated/α-hetero) is 2. The zero-order valence-corrected chi connectivity index (χ0v) is 60.6. The summed E-state index contributed by atoms with van der Waals surface area (Å²) in [7, 11) is 28.2. The molecule has 4 saturated heterocycles. The summed E-state index contributed by atoms with van der Waals surface area (Å²) in [5, 5.41) is 40.2. The summed E-state index contributed by atoms with van der Waals surface area (Å²) in [6.07, 6.45) is 11.0. The Morgan fingerprint density at radius 3 is 1.27 bits per heavy atom. The molecule has 104 heavy (non-hydrogen) atoms. The van der Waals surface area contributed by atoms with Crippen molar-refractivity contribution in [1.29, 1.82) is 0 Å². The molecule has 0 aromatic heterocycles. The third-order valence-electron chi connectivity index (χ3n) is 23.5. The fraction of sp³-hybridized carbons (Fsp3) is 0.714. The molecule has 4 heterocycles. The number of aliphatic carboxylic acids is 1. The van der Waals surface area contributed by atoms with E-state index in [-0.39, 0.29) is 116 Å². The van der Waals surface area contributed by atoms with E-state index in [0.29, 0.717) is 105 Å². The SMILES string of the molecule is CC(F)(F)C(=O)O.CC(F)(F)C(=O)OC12CC3CC(O)(CC(OCC(=O)OC4C5CC6C(=O)OC4C6C5)(C3)C1)C2.O=C(COC12CC3CC(O)(CC(O)(C3)C1)C2)OC1C2CC3C(=O)OC1C3C2.O=C(C[S+]1CCCC1)c1ccccc1.O=C(C[S+]1CCCC1)c1ccccc1.[B][B]B(B([B])[B])B([B])[B]. The van der Waals surface area contributed by atoms with E-state index >= 15 is 0 Å². The van der Waals surface area contributed by atoms with Crippen LogP contribution in [0.15, 0.2) is 60.7 Å². The summed E-state index contributed by atoms with van der Waals surface area (Å²) in [6, 6.07) is 19.3. The molecule has 18 rings (SSSR count). The molecule has 2 aromatic rings. The lowest BCUT2D eigenvalue weighted by Crippen LogP contribution is -2.68. The van der Waals surface area contributed by atoms with Crippen LogP contribution in [-0.4, -0.2) is 250 Å². The number of rotatable bonds is 20. The molecular weight excluding hydrogens is 1380 g/mol. The van der Waals surface area contributed by atoms with Gasteiger partial charge in [0, 0.05) is 152 Å². The van der Waals surface area contributed by atoms with Crippen LogP contribution in [0.2, 0.25) is 0 Å². The van der Waals surface area contributed by atoms with Crippen LogP contribution in [0.5, 0.6) is 0 Å². The minimum atomic E-state index is -3.63. The molecule has 4 N–H and O–H groups in total. The molecule has 16 fully saturated rings. The van der Waals surface area contributed by atoms with Crippen molar-refractivity contribution in [1.82, 2.24) is 0 Å². The third-order valence-corrected chi connectivity index (χ3v) is 28.3. The topological polar surface area (TPSA) is 282 Å².